The molecule has 1 spiro atoms. The van der Waals surface area contributed by atoms with Crippen LogP contribution in [-0.2, 0) is 17.8 Å². The van der Waals surface area contributed by atoms with Gasteiger partial charge in [0, 0.05) is 57.6 Å². The van der Waals surface area contributed by atoms with Crippen LogP contribution in [0.25, 0.3) is 5.65 Å². The van der Waals surface area contributed by atoms with Gasteiger partial charge in [0.25, 0.3) is 17.7 Å². The topological polar surface area (TPSA) is 92.1 Å². The molecule has 2 saturated heterocycles. The molecule has 182 valence electrons. The molecule has 0 unspecified atom stereocenters. The number of hydrogen-bond acceptors (Lipinski definition) is 6. The number of hydrogen-bond donors (Lipinski definition) is 1. The first-order valence-corrected chi connectivity index (χ1v) is 12.8. The highest BCUT2D eigenvalue weighted by atomic mass is 79.9. The SMILES string of the molecule is CN1CC[C@H](Oc2nc(Br)cn3cc(C(=O)N4CCC5(CC4)Cc4ccccc4CN5)nc23)C1=O. The van der Waals surface area contributed by atoms with Crippen LogP contribution in [0.4, 0.5) is 0 Å². The Morgan fingerprint density at radius 3 is 2.66 bits per heavy atom. The third kappa shape index (κ3) is 4.08. The minimum atomic E-state index is -0.590. The predicted molar refractivity (Wildman–Crippen MR) is 132 cm³/mol. The molecule has 0 aliphatic carbocycles. The monoisotopic (exact) mass is 538 g/mol. The number of fused-ring (bicyclic) bond motifs is 2. The highest BCUT2D eigenvalue weighted by Gasteiger charge is 2.39. The van der Waals surface area contributed by atoms with Gasteiger partial charge in [0.15, 0.2) is 6.10 Å². The van der Waals surface area contributed by atoms with Crippen LogP contribution in [0, 0.1) is 0 Å². The van der Waals surface area contributed by atoms with Gasteiger partial charge in [-0.1, -0.05) is 24.3 Å². The summed E-state index contributed by atoms with van der Waals surface area (Å²) in [5.41, 5.74) is 3.59. The van der Waals surface area contributed by atoms with Crippen LogP contribution < -0.4 is 10.1 Å². The van der Waals surface area contributed by atoms with Crippen molar-refractivity contribution < 1.29 is 14.3 Å². The van der Waals surface area contributed by atoms with Crippen molar-refractivity contribution in [1.82, 2.24) is 29.5 Å². The molecule has 0 bridgehead atoms. The van der Waals surface area contributed by atoms with Gasteiger partial charge in [-0.2, -0.15) is 0 Å². The highest BCUT2D eigenvalue weighted by Crippen LogP contribution is 2.32. The summed E-state index contributed by atoms with van der Waals surface area (Å²) in [6, 6.07) is 8.59. The molecule has 3 aliphatic rings. The fourth-order valence-electron chi connectivity index (χ4n) is 5.42. The van der Waals surface area contributed by atoms with Crippen LogP contribution in [0.3, 0.4) is 0 Å². The Labute approximate surface area is 211 Å². The summed E-state index contributed by atoms with van der Waals surface area (Å²) in [7, 11) is 1.76. The van der Waals surface area contributed by atoms with Crippen molar-refractivity contribution in [3.63, 3.8) is 0 Å². The Kier molecular flexibility index (Phi) is 5.52. The largest absolute Gasteiger partial charge is 0.461 e. The second-order valence-corrected chi connectivity index (χ2v) is 10.6. The van der Waals surface area contributed by atoms with Crippen molar-refractivity contribution in [3.05, 3.63) is 58.1 Å². The molecule has 1 atom stereocenters. The van der Waals surface area contributed by atoms with Crippen molar-refractivity contribution in [2.45, 2.75) is 43.9 Å². The molecule has 1 aromatic carbocycles. The number of halogens is 1. The standard InChI is InChI=1S/C25H27BrN6O3/c1-30-9-6-19(24(30)34)35-22-21-28-18(14-32(21)15-20(26)29-22)23(33)31-10-7-25(8-11-31)12-16-4-2-3-5-17(16)13-27-25/h2-5,14-15,19,27H,6-13H2,1H3/t19-/m0/s1. The zero-order chi connectivity index (χ0) is 24.2. The predicted octanol–water partition coefficient (Wildman–Crippen LogP) is 2.42. The van der Waals surface area contributed by atoms with E-state index < -0.39 is 6.10 Å². The molecule has 10 heteroatoms. The number of benzene rings is 1. The first-order valence-electron chi connectivity index (χ1n) is 12.0. The number of nitrogens with one attached hydrogen (secondary N) is 1. The maximum Gasteiger partial charge on any atom is 0.274 e. The van der Waals surface area contributed by atoms with Crippen molar-refractivity contribution in [2.24, 2.45) is 0 Å². The van der Waals surface area contributed by atoms with Crippen LogP contribution in [0.15, 0.2) is 41.3 Å². The van der Waals surface area contributed by atoms with Gasteiger partial charge >= 0.3 is 0 Å². The normalized spacial score (nSPS) is 21.5. The molecule has 2 amide bonds. The average Bonchev–Trinajstić information content (AvgIpc) is 3.43. The average molecular weight is 539 g/mol. The van der Waals surface area contributed by atoms with Gasteiger partial charge < -0.3 is 19.9 Å². The van der Waals surface area contributed by atoms with E-state index >= 15 is 0 Å². The van der Waals surface area contributed by atoms with Gasteiger partial charge in [0.1, 0.15) is 10.3 Å². The Morgan fingerprint density at radius 1 is 1.14 bits per heavy atom. The summed E-state index contributed by atoms with van der Waals surface area (Å²) in [6.07, 6.45) is 6.25. The highest BCUT2D eigenvalue weighted by molar-refractivity contribution is 9.10. The van der Waals surface area contributed by atoms with Crippen LogP contribution in [0.5, 0.6) is 5.88 Å². The lowest BCUT2D eigenvalue weighted by Gasteiger charge is -2.45. The van der Waals surface area contributed by atoms with Crippen LogP contribution in [0.2, 0.25) is 0 Å². The Hall–Kier alpha value is -2.98. The minimum absolute atomic E-state index is 0.0425. The molecular formula is C25H27BrN6O3. The van der Waals surface area contributed by atoms with Crippen LogP contribution >= 0.6 is 15.9 Å². The molecule has 3 aliphatic heterocycles. The number of rotatable bonds is 3. The number of amides is 2. The van der Waals surface area contributed by atoms with Crippen LogP contribution in [-0.4, -0.2) is 74.3 Å². The Bertz CT molecular complexity index is 1320. The van der Waals surface area contributed by atoms with E-state index in [4.69, 9.17) is 4.74 Å². The van der Waals surface area contributed by atoms with E-state index in [1.54, 1.807) is 28.7 Å². The number of imidazole rings is 1. The summed E-state index contributed by atoms with van der Waals surface area (Å²) >= 11 is 3.40. The van der Waals surface area contributed by atoms with Crippen molar-refractivity contribution in [2.75, 3.05) is 26.7 Å². The number of carbonyl (C=O) groups is 2. The van der Waals surface area contributed by atoms with Gasteiger partial charge in [-0.05, 0) is 46.3 Å². The fourth-order valence-corrected chi connectivity index (χ4v) is 5.80. The number of likely N-dealkylation sites (N-methyl/N-ethyl adjacent to an activating group) is 1. The molecule has 2 aromatic heterocycles. The smallest absolute Gasteiger partial charge is 0.274 e. The quantitative estimate of drug-likeness (QED) is 0.550. The molecule has 1 N–H and O–H groups in total. The first kappa shape index (κ1) is 22.5. The summed E-state index contributed by atoms with van der Waals surface area (Å²) in [5.74, 6) is 0.0715. The van der Waals surface area contributed by atoms with E-state index in [1.807, 2.05) is 4.90 Å². The second kappa shape index (κ2) is 8.60. The van der Waals surface area contributed by atoms with Gasteiger partial charge in [-0.3, -0.25) is 14.0 Å². The lowest BCUT2D eigenvalue weighted by Crippen LogP contribution is -2.57. The fraction of sp³-hybridized carbons (Fsp3) is 0.440. The third-order valence-electron chi connectivity index (χ3n) is 7.54. The lowest BCUT2D eigenvalue weighted by molar-refractivity contribution is -0.132. The maximum atomic E-state index is 13.4. The van der Waals surface area contributed by atoms with Crippen LogP contribution in [0.1, 0.15) is 40.9 Å². The minimum Gasteiger partial charge on any atom is -0.461 e. The Morgan fingerprint density at radius 2 is 1.91 bits per heavy atom. The first-order chi connectivity index (χ1) is 16.9. The number of likely N-dealkylation sites (tertiary alicyclic amines) is 2. The molecule has 35 heavy (non-hydrogen) atoms. The van der Waals surface area contributed by atoms with Gasteiger partial charge in [-0.25, -0.2) is 9.97 Å². The molecule has 5 heterocycles. The maximum absolute atomic E-state index is 13.4. The molecule has 6 rings (SSSR count). The number of aromatic nitrogens is 3. The van der Waals surface area contributed by atoms with Crippen molar-refractivity contribution >= 4 is 33.4 Å². The summed E-state index contributed by atoms with van der Waals surface area (Å²) in [5, 5.41) is 3.75. The zero-order valence-electron chi connectivity index (χ0n) is 19.5. The number of nitrogens with zero attached hydrogens (tertiary/aromatic N) is 5. The van der Waals surface area contributed by atoms with Crippen molar-refractivity contribution in [3.8, 4) is 5.88 Å². The molecule has 2 fully saturated rings. The van der Waals surface area contributed by atoms with E-state index in [9.17, 15) is 9.59 Å². The van der Waals surface area contributed by atoms with E-state index in [2.05, 4.69) is 55.5 Å². The molecule has 3 aromatic rings. The number of ether oxygens (including phenoxy) is 1. The van der Waals surface area contributed by atoms with Gasteiger partial charge in [0.2, 0.25) is 5.65 Å². The lowest BCUT2D eigenvalue weighted by atomic mass is 9.78. The van der Waals surface area contributed by atoms with Gasteiger partial charge in [0.05, 0.1) is 0 Å². The van der Waals surface area contributed by atoms with E-state index in [1.165, 1.54) is 11.1 Å². The summed E-state index contributed by atoms with van der Waals surface area (Å²) < 4.78 is 8.22. The zero-order valence-corrected chi connectivity index (χ0v) is 21.1. The van der Waals surface area contributed by atoms with E-state index in [0.29, 0.717) is 42.0 Å². The van der Waals surface area contributed by atoms with Gasteiger partial charge in [-0.15, -0.1) is 0 Å². The molecule has 0 radical (unpaired) electrons. The van der Waals surface area contributed by atoms with Crippen molar-refractivity contribution in [1.29, 1.82) is 0 Å². The Balaban J connectivity index is 1.19. The molecule has 9 nitrogen and oxygen atoms in total. The molecule has 0 saturated carbocycles. The second-order valence-electron chi connectivity index (χ2n) is 9.75. The van der Waals surface area contributed by atoms with E-state index in [-0.39, 0.29) is 23.2 Å². The number of piperidine rings is 1. The van der Waals surface area contributed by atoms with E-state index in [0.717, 1.165) is 25.8 Å². The summed E-state index contributed by atoms with van der Waals surface area (Å²) in [4.78, 5) is 38.2. The molecular weight excluding hydrogens is 512 g/mol. The third-order valence-corrected chi connectivity index (χ3v) is 7.92. The number of carbonyl (C=O) groups excluding carboxylic acids is 2. The summed E-state index contributed by atoms with van der Waals surface area (Å²) in [6.45, 7) is 2.87.